The Morgan fingerprint density at radius 1 is 1.21 bits per heavy atom. The zero-order valence-electron chi connectivity index (χ0n) is 10.7. The minimum absolute atomic E-state index is 0.254. The minimum atomic E-state index is -0.430. The second-order valence-electron chi connectivity index (χ2n) is 5.22. The SMILES string of the molecule is NC1(c2nc(Cc3ccc(O)cc3)no2)CCCC1. The van der Waals surface area contributed by atoms with Crippen molar-refractivity contribution in [2.24, 2.45) is 5.73 Å². The molecule has 1 aliphatic carbocycles. The molecule has 100 valence electrons. The summed E-state index contributed by atoms with van der Waals surface area (Å²) in [5.74, 6) is 1.45. The number of hydrogen-bond acceptors (Lipinski definition) is 5. The maximum atomic E-state index is 9.24. The van der Waals surface area contributed by atoms with Gasteiger partial charge in [-0.25, -0.2) is 0 Å². The highest BCUT2D eigenvalue weighted by molar-refractivity contribution is 5.27. The average molecular weight is 259 g/mol. The van der Waals surface area contributed by atoms with Crippen molar-refractivity contribution >= 4 is 0 Å². The molecule has 0 amide bonds. The first kappa shape index (κ1) is 12.2. The Labute approximate surface area is 111 Å². The molecule has 5 nitrogen and oxygen atoms in total. The maximum absolute atomic E-state index is 9.24. The van der Waals surface area contributed by atoms with E-state index in [4.69, 9.17) is 10.3 Å². The predicted octanol–water partition coefficient (Wildman–Crippen LogP) is 2.09. The van der Waals surface area contributed by atoms with Crippen LogP contribution in [0.2, 0.25) is 0 Å². The van der Waals surface area contributed by atoms with Gasteiger partial charge in [0.1, 0.15) is 5.75 Å². The highest BCUT2D eigenvalue weighted by Crippen LogP contribution is 2.35. The van der Waals surface area contributed by atoms with Crippen molar-refractivity contribution in [1.82, 2.24) is 10.1 Å². The minimum Gasteiger partial charge on any atom is -0.508 e. The summed E-state index contributed by atoms with van der Waals surface area (Å²) in [6, 6.07) is 6.99. The second kappa shape index (κ2) is 4.66. The van der Waals surface area contributed by atoms with E-state index in [1.807, 2.05) is 12.1 Å². The third-order valence-corrected chi connectivity index (χ3v) is 3.69. The molecule has 19 heavy (non-hydrogen) atoms. The second-order valence-corrected chi connectivity index (χ2v) is 5.22. The summed E-state index contributed by atoms with van der Waals surface area (Å²) in [7, 11) is 0. The molecule has 1 aliphatic rings. The van der Waals surface area contributed by atoms with Gasteiger partial charge in [0, 0.05) is 6.42 Å². The molecule has 5 heteroatoms. The van der Waals surface area contributed by atoms with Crippen molar-refractivity contribution < 1.29 is 9.63 Å². The van der Waals surface area contributed by atoms with E-state index in [9.17, 15) is 5.11 Å². The van der Waals surface area contributed by atoms with E-state index in [1.54, 1.807) is 12.1 Å². The Hall–Kier alpha value is -1.88. The highest BCUT2D eigenvalue weighted by atomic mass is 16.5. The molecule has 1 saturated carbocycles. The largest absolute Gasteiger partial charge is 0.508 e. The van der Waals surface area contributed by atoms with Crippen molar-refractivity contribution in [3.63, 3.8) is 0 Å². The van der Waals surface area contributed by atoms with Gasteiger partial charge < -0.3 is 15.4 Å². The molecule has 0 unspecified atom stereocenters. The smallest absolute Gasteiger partial charge is 0.246 e. The van der Waals surface area contributed by atoms with Crippen LogP contribution < -0.4 is 5.73 Å². The number of phenolic OH excluding ortho intramolecular Hbond substituents is 1. The Bertz CT molecular complexity index is 556. The third kappa shape index (κ3) is 2.46. The third-order valence-electron chi connectivity index (χ3n) is 3.69. The van der Waals surface area contributed by atoms with E-state index in [2.05, 4.69) is 10.1 Å². The Kier molecular flexibility index (Phi) is 2.98. The van der Waals surface area contributed by atoms with Crippen LogP contribution in [0.1, 0.15) is 43.0 Å². The first-order valence-electron chi connectivity index (χ1n) is 6.56. The lowest BCUT2D eigenvalue weighted by atomic mass is 9.99. The summed E-state index contributed by atoms with van der Waals surface area (Å²) in [5.41, 5.74) is 6.88. The van der Waals surface area contributed by atoms with Crippen molar-refractivity contribution in [2.45, 2.75) is 37.6 Å². The number of aromatic nitrogens is 2. The first-order valence-corrected chi connectivity index (χ1v) is 6.56. The highest BCUT2D eigenvalue weighted by Gasteiger charge is 2.36. The van der Waals surface area contributed by atoms with Gasteiger partial charge in [-0.05, 0) is 30.5 Å². The van der Waals surface area contributed by atoms with Crippen LogP contribution in [0.15, 0.2) is 28.8 Å². The molecule has 0 aliphatic heterocycles. The van der Waals surface area contributed by atoms with Gasteiger partial charge in [-0.1, -0.05) is 30.1 Å². The van der Waals surface area contributed by atoms with Crippen LogP contribution >= 0.6 is 0 Å². The van der Waals surface area contributed by atoms with Gasteiger partial charge >= 0.3 is 0 Å². The number of hydrogen-bond donors (Lipinski definition) is 2. The lowest BCUT2D eigenvalue weighted by Gasteiger charge is -2.17. The van der Waals surface area contributed by atoms with Crippen molar-refractivity contribution in [2.75, 3.05) is 0 Å². The topological polar surface area (TPSA) is 85.2 Å². The summed E-state index contributed by atoms with van der Waals surface area (Å²) < 4.78 is 5.31. The zero-order chi connectivity index (χ0) is 13.3. The molecule has 0 spiro atoms. The normalized spacial score (nSPS) is 17.7. The van der Waals surface area contributed by atoms with Crippen molar-refractivity contribution in [3.05, 3.63) is 41.5 Å². The molecule has 0 bridgehead atoms. The number of phenols is 1. The van der Waals surface area contributed by atoms with Crippen LogP contribution in [-0.2, 0) is 12.0 Å². The summed E-state index contributed by atoms with van der Waals surface area (Å²) >= 11 is 0. The van der Waals surface area contributed by atoms with Crippen molar-refractivity contribution in [1.29, 1.82) is 0 Å². The number of nitrogens with two attached hydrogens (primary N) is 1. The molecule has 1 aromatic carbocycles. The van der Waals surface area contributed by atoms with E-state index in [0.29, 0.717) is 18.1 Å². The van der Waals surface area contributed by atoms with Crippen LogP contribution in [0.4, 0.5) is 0 Å². The standard InChI is InChI=1S/C14H17N3O2/c15-14(7-1-2-8-14)13-16-12(17-19-13)9-10-3-5-11(18)6-4-10/h3-6,18H,1-2,7-9,15H2. The monoisotopic (exact) mass is 259 g/mol. The van der Waals surface area contributed by atoms with Gasteiger partial charge in [-0.15, -0.1) is 0 Å². The molecular formula is C14H17N3O2. The average Bonchev–Trinajstić information content (AvgIpc) is 3.02. The zero-order valence-corrected chi connectivity index (χ0v) is 10.7. The summed E-state index contributed by atoms with van der Waals surface area (Å²) in [6.45, 7) is 0. The van der Waals surface area contributed by atoms with Gasteiger partial charge in [0.15, 0.2) is 5.82 Å². The molecule has 1 fully saturated rings. The number of nitrogens with zero attached hydrogens (tertiary/aromatic N) is 2. The summed E-state index contributed by atoms with van der Waals surface area (Å²) in [5, 5.41) is 13.2. The molecule has 0 saturated heterocycles. The predicted molar refractivity (Wildman–Crippen MR) is 69.5 cm³/mol. The fourth-order valence-electron chi connectivity index (χ4n) is 2.54. The van der Waals surface area contributed by atoms with Gasteiger partial charge in [-0.2, -0.15) is 4.98 Å². The van der Waals surface area contributed by atoms with Gasteiger partial charge in [-0.3, -0.25) is 0 Å². The number of aromatic hydroxyl groups is 1. The quantitative estimate of drug-likeness (QED) is 0.881. The summed E-state index contributed by atoms with van der Waals surface area (Å²) in [4.78, 5) is 4.42. The molecule has 3 rings (SSSR count). The van der Waals surface area contributed by atoms with Crippen LogP contribution in [-0.4, -0.2) is 15.2 Å². The Balaban J connectivity index is 1.76. The molecule has 0 atom stereocenters. The van der Waals surface area contributed by atoms with E-state index in [1.165, 1.54) is 0 Å². The van der Waals surface area contributed by atoms with Gasteiger partial charge in [0.05, 0.1) is 5.54 Å². The van der Waals surface area contributed by atoms with E-state index >= 15 is 0 Å². The van der Waals surface area contributed by atoms with Gasteiger partial charge in [0.25, 0.3) is 0 Å². The Morgan fingerprint density at radius 2 is 1.89 bits per heavy atom. The molecule has 0 radical (unpaired) electrons. The first-order chi connectivity index (χ1) is 9.16. The number of benzene rings is 1. The fourth-order valence-corrected chi connectivity index (χ4v) is 2.54. The molecule has 1 aromatic heterocycles. The van der Waals surface area contributed by atoms with Crippen LogP contribution in [0, 0.1) is 0 Å². The lowest BCUT2D eigenvalue weighted by molar-refractivity contribution is 0.284. The maximum Gasteiger partial charge on any atom is 0.246 e. The number of rotatable bonds is 3. The lowest BCUT2D eigenvalue weighted by Crippen LogP contribution is -2.33. The summed E-state index contributed by atoms with van der Waals surface area (Å²) in [6.07, 6.45) is 4.64. The van der Waals surface area contributed by atoms with Crippen LogP contribution in [0.25, 0.3) is 0 Å². The fraction of sp³-hybridized carbons (Fsp3) is 0.429. The van der Waals surface area contributed by atoms with E-state index in [-0.39, 0.29) is 5.75 Å². The molecule has 2 aromatic rings. The molecular weight excluding hydrogens is 242 g/mol. The van der Waals surface area contributed by atoms with E-state index < -0.39 is 5.54 Å². The van der Waals surface area contributed by atoms with E-state index in [0.717, 1.165) is 31.2 Å². The molecule has 3 N–H and O–H groups in total. The van der Waals surface area contributed by atoms with Crippen molar-refractivity contribution in [3.8, 4) is 5.75 Å². The van der Waals surface area contributed by atoms with Crippen LogP contribution in [0.3, 0.4) is 0 Å². The van der Waals surface area contributed by atoms with Gasteiger partial charge in [0.2, 0.25) is 5.89 Å². The van der Waals surface area contributed by atoms with Crippen LogP contribution in [0.5, 0.6) is 5.75 Å². The molecule has 1 heterocycles. The Morgan fingerprint density at radius 3 is 2.58 bits per heavy atom.